The summed E-state index contributed by atoms with van der Waals surface area (Å²) in [6.45, 7) is 4.79. The number of nitrogens with zero attached hydrogens (tertiary/aromatic N) is 3. The van der Waals surface area contributed by atoms with Crippen molar-refractivity contribution in [1.29, 1.82) is 0 Å². The summed E-state index contributed by atoms with van der Waals surface area (Å²) in [7, 11) is 1.66. The standard InChI is InChI=1S/C20H25N5O3/c1-28-18-6-4-17(5-7-18)25-13-11-24(12-14-25)10-9-22-19(26)20(27)23-16-3-2-8-21-15-16/h2-8,15H,9-14H2,1H3,(H,22,26)(H,23,27). The van der Waals surface area contributed by atoms with Crippen molar-refractivity contribution in [3.8, 4) is 5.75 Å². The number of carbonyl (C=O) groups excluding carboxylic acids is 2. The molecule has 2 aromatic rings. The van der Waals surface area contributed by atoms with Crippen molar-refractivity contribution in [3.05, 3.63) is 48.8 Å². The zero-order chi connectivity index (χ0) is 19.8. The fourth-order valence-corrected chi connectivity index (χ4v) is 3.06. The summed E-state index contributed by atoms with van der Waals surface area (Å²) in [5.41, 5.74) is 1.68. The van der Waals surface area contributed by atoms with E-state index in [4.69, 9.17) is 4.74 Å². The number of methoxy groups -OCH3 is 1. The summed E-state index contributed by atoms with van der Waals surface area (Å²) >= 11 is 0. The van der Waals surface area contributed by atoms with Crippen molar-refractivity contribution in [2.24, 2.45) is 0 Å². The number of hydrogen-bond acceptors (Lipinski definition) is 6. The lowest BCUT2D eigenvalue weighted by Crippen LogP contribution is -2.49. The normalized spacial score (nSPS) is 14.4. The van der Waals surface area contributed by atoms with Crippen LogP contribution in [-0.2, 0) is 9.59 Å². The second kappa shape index (κ2) is 9.70. The average Bonchev–Trinajstić information content (AvgIpc) is 2.75. The van der Waals surface area contributed by atoms with Crippen molar-refractivity contribution in [2.45, 2.75) is 0 Å². The molecule has 28 heavy (non-hydrogen) atoms. The Morgan fingerprint density at radius 2 is 1.82 bits per heavy atom. The van der Waals surface area contributed by atoms with E-state index in [0.717, 1.165) is 31.9 Å². The predicted octanol–water partition coefficient (Wildman–Crippen LogP) is 0.967. The van der Waals surface area contributed by atoms with Gasteiger partial charge in [0.25, 0.3) is 0 Å². The molecule has 1 aliphatic rings. The zero-order valence-corrected chi connectivity index (χ0v) is 15.9. The second-order valence-corrected chi connectivity index (χ2v) is 6.48. The Morgan fingerprint density at radius 1 is 1.07 bits per heavy atom. The maximum absolute atomic E-state index is 11.9. The highest BCUT2D eigenvalue weighted by molar-refractivity contribution is 6.39. The molecule has 1 aromatic carbocycles. The van der Waals surface area contributed by atoms with Gasteiger partial charge in [0.15, 0.2) is 0 Å². The number of piperazine rings is 1. The van der Waals surface area contributed by atoms with Gasteiger partial charge in [-0.15, -0.1) is 0 Å². The van der Waals surface area contributed by atoms with Crippen molar-refractivity contribution in [3.63, 3.8) is 0 Å². The number of anilines is 2. The molecule has 1 fully saturated rings. The van der Waals surface area contributed by atoms with E-state index >= 15 is 0 Å². The fraction of sp³-hybridized carbons (Fsp3) is 0.350. The van der Waals surface area contributed by atoms with Crippen LogP contribution >= 0.6 is 0 Å². The molecule has 2 heterocycles. The van der Waals surface area contributed by atoms with Crippen LogP contribution in [0, 0.1) is 0 Å². The van der Waals surface area contributed by atoms with E-state index in [0.29, 0.717) is 18.8 Å². The van der Waals surface area contributed by atoms with Crippen LogP contribution in [0.1, 0.15) is 0 Å². The SMILES string of the molecule is COc1ccc(N2CCN(CCNC(=O)C(=O)Nc3cccnc3)CC2)cc1. The molecule has 0 saturated carbocycles. The lowest BCUT2D eigenvalue weighted by Gasteiger charge is -2.36. The lowest BCUT2D eigenvalue weighted by molar-refractivity contribution is -0.136. The van der Waals surface area contributed by atoms with Gasteiger partial charge >= 0.3 is 11.8 Å². The van der Waals surface area contributed by atoms with Gasteiger partial charge in [0.1, 0.15) is 5.75 Å². The molecule has 2 N–H and O–H groups in total. The predicted molar refractivity (Wildman–Crippen MR) is 108 cm³/mol. The summed E-state index contributed by atoms with van der Waals surface area (Å²) in [6, 6.07) is 11.4. The monoisotopic (exact) mass is 383 g/mol. The molecular weight excluding hydrogens is 358 g/mol. The molecule has 1 saturated heterocycles. The lowest BCUT2D eigenvalue weighted by atomic mass is 10.2. The summed E-state index contributed by atoms with van der Waals surface area (Å²) in [5.74, 6) is -0.469. The minimum Gasteiger partial charge on any atom is -0.497 e. The summed E-state index contributed by atoms with van der Waals surface area (Å²) in [4.78, 5) is 32.3. The zero-order valence-electron chi connectivity index (χ0n) is 15.9. The molecule has 0 aliphatic carbocycles. The van der Waals surface area contributed by atoms with E-state index in [9.17, 15) is 9.59 Å². The summed E-state index contributed by atoms with van der Waals surface area (Å²) in [5, 5.41) is 5.18. The number of amides is 2. The summed E-state index contributed by atoms with van der Waals surface area (Å²) < 4.78 is 5.19. The first-order valence-electron chi connectivity index (χ1n) is 9.26. The Bertz CT molecular complexity index is 774. The third-order valence-corrected chi connectivity index (χ3v) is 4.65. The Balaban J connectivity index is 1.36. The van der Waals surface area contributed by atoms with Gasteiger partial charge in [-0.3, -0.25) is 19.5 Å². The van der Waals surface area contributed by atoms with Crippen molar-refractivity contribution < 1.29 is 14.3 Å². The van der Waals surface area contributed by atoms with Crippen LogP contribution in [0.25, 0.3) is 0 Å². The number of nitrogens with one attached hydrogen (secondary N) is 2. The minimum absolute atomic E-state index is 0.432. The Morgan fingerprint density at radius 3 is 2.46 bits per heavy atom. The maximum atomic E-state index is 11.9. The first kappa shape index (κ1) is 19.6. The van der Waals surface area contributed by atoms with Crippen molar-refractivity contribution in [2.75, 3.05) is 56.6 Å². The molecule has 0 unspecified atom stereocenters. The van der Waals surface area contributed by atoms with Gasteiger partial charge in [-0.1, -0.05) is 0 Å². The fourth-order valence-electron chi connectivity index (χ4n) is 3.06. The number of pyridine rings is 1. The maximum Gasteiger partial charge on any atom is 0.313 e. The van der Waals surface area contributed by atoms with Crippen LogP contribution in [0.5, 0.6) is 5.75 Å². The van der Waals surface area contributed by atoms with E-state index in [-0.39, 0.29) is 0 Å². The van der Waals surface area contributed by atoms with E-state index < -0.39 is 11.8 Å². The quantitative estimate of drug-likeness (QED) is 0.723. The van der Waals surface area contributed by atoms with Gasteiger partial charge in [0.2, 0.25) is 0 Å². The molecule has 0 atom stereocenters. The molecule has 3 rings (SSSR count). The molecule has 0 bridgehead atoms. The Labute approximate surface area is 164 Å². The van der Waals surface area contributed by atoms with E-state index in [1.54, 1.807) is 25.4 Å². The van der Waals surface area contributed by atoms with Crippen LogP contribution in [0.2, 0.25) is 0 Å². The minimum atomic E-state index is -0.683. The van der Waals surface area contributed by atoms with Gasteiger partial charge in [-0.25, -0.2) is 0 Å². The highest BCUT2D eigenvalue weighted by atomic mass is 16.5. The average molecular weight is 383 g/mol. The van der Waals surface area contributed by atoms with Gasteiger partial charge in [0, 0.05) is 51.2 Å². The van der Waals surface area contributed by atoms with Crippen LogP contribution in [0.3, 0.4) is 0 Å². The van der Waals surface area contributed by atoms with Crippen LogP contribution in [-0.4, -0.2) is 68.1 Å². The van der Waals surface area contributed by atoms with Crippen molar-refractivity contribution in [1.82, 2.24) is 15.2 Å². The number of rotatable bonds is 6. The first-order valence-corrected chi connectivity index (χ1v) is 9.26. The number of aromatic nitrogens is 1. The van der Waals surface area contributed by atoms with Gasteiger partial charge < -0.3 is 20.3 Å². The highest BCUT2D eigenvalue weighted by Crippen LogP contribution is 2.20. The van der Waals surface area contributed by atoms with Gasteiger partial charge in [-0.05, 0) is 36.4 Å². The number of ether oxygens (including phenoxy) is 1. The topological polar surface area (TPSA) is 86.8 Å². The number of carbonyl (C=O) groups is 2. The van der Waals surface area contributed by atoms with Crippen LogP contribution < -0.4 is 20.3 Å². The molecule has 1 aliphatic heterocycles. The van der Waals surface area contributed by atoms with Gasteiger partial charge in [0.05, 0.1) is 19.0 Å². The van der Waals surface area contributed by atoms with Crippen molar-refractivity contribution >= 4 is 23.2 Å². The molecule has 0 radical (unpaired) electrons. The third-order valence-electron chi connectivity index (χ3n) is 4.65. The van der Waals surface area contributed by atoms with Gasteiger partial charge in [-0.2, -0.15) is 0 Å². The Kier molecular flexibility index (Phi) is 6.80. The second-order valence-electron chi connectivity index (χ2n) is 6.48. The smallest absolute Gasteiger partial charge is 0.313 e. The molecular formula is C20H25N5O3. The molecule has 8 heteroatoms. The summed E-state index contributed by atoms with van der Waals surface area (Å²) in [6.07, 6.45) is 3.09. The van der Waals surface area contributed by atoms with Crippen LogP contribution in [0.15, 0.2) is 48.8 Å². The van der Waals surface area contributed by atoms with E-state index in [1.165, 1.54) is 11.9 Å². The third kappa shape index (κ3) is 5.43. The molecule has 1 aromatic heterocycles. The van der Waals surface area contributed by atoms with Crippen LogP contribution in [0.4, 0.5) is 11.4 Å². The first-order chi connectivity index (χ1) is 13.7. The number of hydrogen-bond donors (Lipinski definition) is 2. The number of benzene rings is 1. The molecule has 0 spiro atoms. The molecule has 148 valence electrons. The van der Waals surface area contributed by atoms with E-state index in [1.807, 2.05) is 12.1 Å². The molecule has 8 nitrogen and oxygen atoms in total. The Hall–Kier alpha value is -3.13. The molecule has 2 amide bonds. The van der Waals surface area contributed by atoms with E-state index in [2.05, 4.69) is 37.6 Å². The highest BCUT2D eigenvalue weighted by Gasteiger charge is 2.18. The largest absolute Gasteiger partial charge is 0.497 e.